The molecule has 1 aromatic heterocycles. The van der Waals surface area contributed by atoms with Crippen molar-refractivity contribution in [2.45, 2.75) is 33.6 Å². The first-order valence-corrected chi connectivity index (χ1v) is 11.7. The first-order chi connectivity index (χ1) is 16.2. The zero-order chi connectivity index (χ0) is 24.3. The molecule has 0 saturated carbocycles. The fourth-order valence-electron chi connectivity index (χ4n) is 4.26. The number of rotatable bonds is 5. The zero-order valence-corrected chi connectivity index (χ0v) is 20.0. The summed E-state index contributed by atoms with van der Waals surface area (Å²) >= 11 is 0. The predicted octanol–water partition coefficient (Wildman–Crippen LogP) is 4.49. The van der Waals surface area contributed by atoms with Crippen LogP contribution in [0.4, 0.5) is 11.5 Å². The van der Waals surface area contributed by atoms with Gasteiger partial charge in [0.2, 0.25) is 0 Å². The maximum Gasteiger partial charge on any atom is 0.335 e. The summed E-state index contributed by atoms with van der Waals surface area (Å²) < 4.78 is 0. The molecule has 1 aliphatic heterocycles. The fourth-order valence-corrected chi connectivity index (χ4v) is 4.26. The number of aromatic nitrogens is 1. The molecule has 2 heterocycles. The Labute approximate surface area is 200 Å². The van der Waals surface area contributed by atoms with Crippen LogP contribution in [-0.2, 0) is 0 Å². The minimum absolute atomic E-state index is 0.0611. The molecule has 2 aromatic rings. The van der Waals surface area contributed by atoms with Gasteiger partial charge in [0.25, 0.3) is 5.91 Å². The summed E-state index contributed by atoms with van der Waals surface area (Å²) in [6.45, 7) is 9.76. The Morgan fingerprint density at radius 1 is 0.941 bits per heavy atom. The maximum absolute atomic E-state index is 12.8. The lowest BCUT2D eigenvalue weighted by Gasteiger charge is -2.36. The predicted molar refractivity (Wildman–Crippen MR) is 134 cm³/mol. The van der Waals surface area contributed by atoms with Crippen molar-refractivity contribution >= 4 is 23.4 Å². The van der Waals surface area contributed by atoms with Crippen LogP contribution in [0.1, 0.15) is 54.3 Å². The summed E-state index contributed by atoms with van der Waals surface area (Å²) in [4.78, 5) is 32.8. The molecule has 0 bridgehead atoms. The van der Waals surface area contributed by atoms with Crippen molar-refractivity contribution in [3.8, 4) is 0 Å². The third-order valence-electron chi connectivity index (χ3n) is 6.34. The highest BCUT2D eigenvalue weighted by Gasteiger charge is 2.21. The van der Waals surface area contributed by atoms with Gasteiger partial charge in [0.15, 0.2) is 0 Å². The van der Waals surface area contributed by atoms with Gasteiger partial charge in [0.1, 0.15) is 5.82 Å². The number of carboxylic acid groups (broad SMARTS) is 1. The molecule has 1 aliphatic carbocycles. The van der Waals surface area contributed by atoms with E-state index in [9.17, 15) is 9.59 Å². The Morgan fingerprint density at radius 3 is 2.18 bits per heavy atom. The van der Waals surface area contributed by atoms with Crippen LogP contribution in [0.25, 0.3) is 0 Å². The minimum atomic E-state index is -0.915. The van der Waals surface area contributed by atoms with Gasteiger partial charge in [-0.25, -0.2) is 9.78 Å². The lowest BCUT2D eigenvalue weighted by Crippen LogP contribution is -2.46. The number of carboxylic acids is 1. The van der Waals surface area contributed by atoms with Crippen molar-refractivity contribution in [1.29, 1.82) is 0 Å². The van der Waals surface area contributed by atoms with Crippen LogP contribution >= 0.6 is 0 Å². The highest BCUT2D eigenvalue weighted by molar-refractivity contribution is 5.95. The fraction of sp³-hybridized carbons (Fsp3) is 0.370. The van der Waals surface area contributed by atoms with E-state index in [1.165, 1.54) is 5.57 Å². The van der Waals surface area contributed by atoms with Gasteiger partial charge in [-0.1, -0.05) is 26.8 Å². The largest absolute Gasteiger partial charge is 0.478 e. The Hall–Kier alpha value is -3.61. The number of nitrogens with zero attached hydrogens (tertiary/aromatic N) is 3. The van der Waals surface area contributed by atoms with Crippen LogP contribution < -0.4 is 15.1 Å². The van der Waals surface area contributed by atoms with Crippen LogP contribution in [0.15, 0.2) is 66.0 Å². The summed E-state index contributed by atoms with van der Waals surface area (Å²) in [5.74, 6) is -0.191. The van der Waals surface area contributed by atoms with Crippen LogP contribution in [0.3, 0.4) is 0 Å². The van der Waals surface area contributed by atoms with E-state index < -0.39 is 5.97 Å². The van der Waals surface area contributed by atoms with Crippen molar-refractivity contribution in [2.24, 2.45) is 5.41 Å². The van der Waals surface area contributed by atoms with E-state index in [2.05, 4.69) is 53.0 Å². The maximum atomic E-state index is 12.8. The Bertz CT molecular complexity index is 1100. The number of aromatic carboxylic acids is 1. The minimum Gasteiger partial charge on any atom is -0.478 e. The average Bonchev–Trinajstić information content (AvgIpc) is 2.84. The number of hydrogen-bond acceptors (Lipinski definition) is 5. The van der Waals surface area contributed by atoms with Crippen molar-refractivity contribution < 1.29 is 14.7 Å². The molecule has 0 radical (unpaired) electrons. The Morgan fingerprint density at radius 2 is 1.59 bits per heavy atom. The molecular weight excluding hydrogens is 428 g/mol. The highest BCUT2D eigenvalue weighted by Crippen LogP contribution is 2.31. The summed E-state index contributed by atoms with van der Waals surface area (Å²) in [5.41, 5.74) is 4.13. The first-order valence-electron chi connectivity index (χ1n) is 11.7. The number of benzene rings is 1. The molecule has 7 nitrogen and oxygen atoms in total. The van der Waals surface area contributed by atoms with Gasteiger partial charge < -0.3 is 20.2 Å². The molecule has 0 atom stereocenters. The average molecular weight is 461 g/mol. The van der Waals surface area contributed by atoms with Crippen LogP contribution in [0, 0.1) is 5.41 Å². The van der Waals surface area contributed by atoms with E-state index in [-0.39, 0.29) is 11.3 Å². The number of carbonyl (C=O) groups is 2. The molecule has 2 N–H and O–H groups in total. The third kappa shape index (κ3) is 5.47. The van der Waals surface area contributed by atoms with Gasteiger partial charge in [0.05, 0.1) is 11.1 Å². The number of allylic oxidation sites excluding steroid dienone is 4. The first kappa shape index (κ1) is 23.5. The van der Waals surface area contributed by atoms with Gasteiger partial charge in [-0.3, -0.25) is 4.79 Å². The van der Waals surface area contributed by atoms with Crippen LogP contribution in [0.2, 0.25) is 0 Å². The van der Waals surface area contributed by atoms with E-state index in [0.29, 0.717) is 11.1 Å². The molecule has 1 aromatic carbocycles. The standard InChI is InChI=1S/C27H32N4O3/c1-27(2,3)21-5-4-6-22(17-21)29-25(32)20-9-12-24(28-18-20)31-15-13-30(14-16-31)23-10-7-19(8-11-23)26(33)34/h5,7-12,17-18H,4,6,13-16H2,1-3H3,(H,29,32)(H,33,34). The number of piperazine rings is 1. The van der Waals surface area contributed by atoms with Crippen LogP contribution in [-0.4, -0.2) is 48.1 Å². The molecular formula is C27H32N4O3. The topological polar surface area (TPSA) is 85.8 Å². The molecule has 0 spiro atoms. The van der Waals surface area contributed by atoms with Crippen molar-refractivity contribution in [3.05, 3.63) is 77.1 Å². The summed E-state index contributed by atoms with van der Waals surface area (Å²) in [5, 5.41) is 12.1. The van der Waals surface area contributed by atoms with E-state index in [1.54, 1.807) is 18.3 Å². The normalized spacial score (nSPS) is 16.6. The smallest absolute Gasteiger partial charge is 0.335 e. The lowest BCUT2D eigenvalue weighted by atomic mass is 9.83. The van der Waals surface area contributed by atoms with Crippen molar-refractivity contribution in [1.82, 2.24) is 10.3 Å². The van der Waals surface area contributed by atoms with E-state index in [0.717, 1.165) is 56.2 Å². The molecule has 1 saturated heterocycles. The third-order valence-corrected chi connectivity index (χ3v) is 6.34. The van der Waals surface area contributed by atoms with E-state index >= 15 is 0 Å². The van der Waals surface area contributed by atoms with Crippen molar-refractivity contribution in [2.75, 3.05) is 36.0 Å². The quantitative estimate of drug-likeness (QED) is 0.684. The summed E-state index contributed by atoms with van der Waals surface area (Å²) in [6.07, 6.45) is 7.76. The van der Waals surface area contributed by atoms with E-state index in [1.807, 2.05) is 24.3 Å². The molecule has 2 aliphatic rings. The molecule has 7 heteroatoms. The molecule has 1 amide bonds. The number of nitrogens with one attached hydrogen (secondary N) is 1. The van der Waals surface area contributed by atoms with E-state index in [4.69, 9.17) is 5.11 Å². The molecule has 0 unspecified atom stereocenters. The Kier molecular flexibility index (Phi) is 6.72. The molecule has 34 heavy (non-hydrogen) atoms. The number of pyridine rings is 1. The zero-order valence-electron chi connectivity index (χ0n) is 20.0. The number of amides is 1. The second-order valence-electron chi connectivity index (χ2n) is 9.80. The van der Waals surface area contributed by atoms with Gasteiger partial charge in [-0.15, -0.1) is 0 Å². The van der Waals surface area contributed by atoms with Crippen molar-refractivity contribution in [3.63, 3.8) is 0 Å². The number of hydrogen-bond donors (Lipinski definition) is 2. The number of anilines is 2. The second-order valence-corrected chi connectivity index (χ2v) is 9.80. The van der Waals surface area contributed by atoms with Gasteiger partial charge in [-0.2, -0.15) is 0 Å². The molecule has 1 fully saturated rings. The summed E-state index contributed by atoms with van der Waals surface area (Å²) in [7, 11) is 0. The SMILES string of the molecule is CC(C)(C)C1=CCCC(NC(=O)c2ccc(N3CCN(c4ccc(C(=O)O)cc4)CC3)nc2)=C1. The number of carbonyl (C=O) groups excluding carboxylic acids is 1. The van der Waals surface area contributed by atoms with Gasteiger partial charge >= 0.3 is 5.97 Å². The van der Waals surface area contributed by atoms with Crippen LogP contribution in [0.5, 0.6) is 0 Å². The monoisotopic (exact) mass is 460 g/mol. The van der Waals surface area contributed by atoms with Gasteiger partial charge in [0, 0.05) is 43.8 Å². The second kappa shape index (κ2) is 9.71. The molecule has 4 rings (SSSR count). The molecule has 178 valence electrons. The Balaban J connectivity index is 1.33. The van der Waals surface area contributed by atoms with Gasteiger partial charge in [-0.05, 0) is 66.3 Å². The lowest BCUT2D eigenvalue weighted by molar-refractivity contribution is 0.0696. The summed E-state index contributed by atoms with van der Waals surface area (Å²) in [6, 6.07) is 10.7. The highest BCUT2D eigenvalue weighted by atomic mass is 16.4.